The maximum Gasteiger partial charge on any atom is 0.300 e. The molecule has 0 aliphatic heterocycles. The lowest BCUT2D eigenvalue weighted by Crippen LogP contribution is -1.90. The highest BCUT2D eigenvalue weighted by molar-refractivity contribution is 5.77. The Morgan fingerprint density at radius 1 is 1.15 bits per heavy atom. The zero-order valence-electron chi connectivity index (χ0n) is 11.5. The van der Waals surface area contributed by atoms with Gasteiger partial charge in [-0.05, 0) is 36.2 Å². The van der Waals surface area contributed by atoms with Crippen LogP contribution in [0.15, 0.2) is 46.9 Å². The molecular formula is C16H16N2O2. The summed E-state index contributed by atoms with van der Waals surface area (Å²) >= 11 is 0. The average molecular weight is 268 g/mol. The fourth-order valence-electron chi connectivity index (χ4n) is 2.03. The van der Waals surface area contributed by atoms with Crippen LogP contribution in [0.3, 0.4) is 0 Å². The molecule has 0 bridgehead atoms. The molecule has 3 rings (SSSR count). The molecule has 1 aromatic heterocycles. The monoisotopic (exact) mass is 268 g/mol. The molecule has 20 heavy (non-hydrogen) atoms. The Hall–Kier alpha value is -2.49. The van der Waals surface area contributed by atoms with E-state index in [4.69, 9.17) is 9.15 Å². The Bertz CT molecular complexity index is 717. The number of fused-ring (bicyclic) bond motifs is 1. The van der Waals surface area contributed by atoms with Crippen LogP contribution >= 0.6 is 0 Å². The van der Waals surface area contributed by atoms with Crippen molar-refractivity contribution in [3.8, 4) is 5.75 Å². The average Bonchev–Trinajstić information content (AvgIpc) is 2.89. The third-order valence-corrected chi connectivity index (χ3v) is 3.21. The predicted molar refractivity (Wildman–Crippen MR) is 79.7 cm³/mol. The van der Waals surface area contributed by atoms with Gasteiger partial charge in [0, 0.05) is 11.8 Å². The second-order valence-corrected chi connectivity index (χ2v) is 4.53. The van der Waals surface area contributed by atoms with Gasteiger partial charge in [0.2, 0.25) is 0 Å². The first-order chi connectivity index (χ1) is 9.78. The summed E-state index contributed by atoms with van der Waals surface area (Å²) in [6, 6.07) is 14.3. The van der Waals surface area contributed by atoms with Crippen LogP contribution in [0.4, 0.5) is 11.7 Å². The van der Waals surface area contributed by atoms with E-state index in [1.807, 2.05) is 30.3 Å². The van der Waals surface area contributed by atoms with Crippen molar-refractivity contribution in [3.05, 3.63) is 48.0 Å². The van der Waals surface area contributed by atoms with Gasteiger partial charge >= 0.3 is 0 Å². The van der Waals surface area contributed by atoms with E-state index in [0.29, 0.717) is 6.01 Å². The topological polar surface area (TPSA) is 47.3 Å². The molecule has 0 amide bonds. The van der Waals surface area contributed by atoms with Gasteiger partial charge in [-0.25, -0.2) is 0 Å². The van der Waals surface area contributed by atoms with Crippen LogP contribution in [0, 0.1) is 0 Å². The summed E-state index contributed by atoms with van der Waals surface area (Å²) in [7, 11) is 1.63. The van der Waals surface area contributed by atoms with E-state index in [1.54, 1.807) is 7.11 Å². The van der Waals surface area contributed by atoms with E-state index in [-0.39, 0.29) is 0 Å². The maximum absolute atomic E-state index is 5.65. The number of hydrogen-bond donors (Lipinski definition) is 1. The van der Waals surface area contributed by atoms with Gasteiger partial charge in [0.25, 0.3) is 6.01 Å². The van der Waals surface area contributed by atoms with Crippen LogP contribution in [0.5, 0.6) is 5.75 Å². The van der Waals surface area contributed by atoms with Gasteiger partial charge in [0.15, 0.2) is 5.58 Å². The molecule has 0 atom stereocenters. The molecule has 0 unspecified atom stereocenters. The summed E-state index contributed by atoms with van der Waals surface area (Å²) in [5.74, 6) is 0.768. The Morgan fingerprint density at radius 2 is 1.95 bits per heavy atom. The van der Waals surface area contributed by atoms with E-state index in [2.05, 4.69) is 29.4 Å². The highest BCUT2D eigenvalue weighted by atomic mass is 16.5. The Morgan fingerprint density at radius 3 is 2.65 bits per heavy atom. The maximum atomic E-state index is 5.65. The normalized spacial score (nSPS) is 10.7. The molecule has 4 heteroatoms. The molecule has 2 aromatic carbocycles. The van der Waals surface area contributed by atoms with Gasteiger partial charge in [-0.3, -0.25) is 0 Å². The van der Waals surface area contributed by atoms with Crippen LogP contribution < -0.4 is 10.1 Å². The Labute approximate surface area is 117 Å². The number of anilines is 2. The minimum atomic E-state index is 0.484. The Kier molecular flexibility index (Phi) is 3.29. The van der Waals surface area contributed by atoms with E-state index >= 15 is 0 Å². The first-order valence-electron chi connectivity index (χ1n) is 6.59. The van der Waals surface area contributed by atoms with Crippen LogP contribution in [0.1, 0.15) is 12.5 Å². The Balaban J connectivity index is 1.86. The van der Waals surface area contributed by atoms with Crippen molar-refractivity contribution in [2.24, 2.45) is 0 Å². The van der Waals surface area contributed by atoms with Gasteiger partial charge in [-0.15, -0.1) is 0 Å². The van der Waals surface area contributed by atoms with Crippen molar-refractivity contribution in [2.75, 3.05) is 12.4 Å². The van der Waals surface area contributed by atoms with Crippen molar-refractivity contribution < 1.29 is 9.15 Å². The summed E-state index contributed by atoms with van der Waals surface area (Å²) in [5, 5.41) is 3.16. The lowest BCUT2D eigenvalue weighted by Gasteiger charge is -2.02. The van der Waals surface area contributed by atoms with Crippen molar-refractivity contribution in [1.29, 1.82) is 0 Å². The number of methoxy groups -OCH3 is 1. The van der Waals surface area contributed by atoms with E-state index in [0.717, 1.165) is 29.0 Å². The molecule has 0 radical (unpaired) electrons. The minimum Gasteiger partial charge on any atom is -0.497 e. The minimum absolute atomic E-state index is 0.484. The zero-order chi connectivity index (χ0) is 13.9. The highest BCUT2D eigenvalue weighted by Crippen LogP contribution is 2.25. The van der Waals surface area contributed by atoms with E-state index < -0.39 is 0 Å². The van der Waals surface area contributed by atoms with Crippen LogP contribution in [0.25, 0.3) is 11.1 Å². The van der Waals surface area contributed by atoms with Gasteiger partial charge in [-0.1, -0.05) is 19.1 Å². The largest absolute Gasteiger partial charge is 0.497 e. The number of benzene rings is 2. The highest BCUT2D eigenvalue weighted by Gasteiger charge is 2.07. The summed E-state index contributed by atoms with van der Waals surface area (Å²) in [6.45, 7) is 2.14. The number of rotatable bonds is 4. The standard InChI is InChI=1S/C16H16N2O2/c1-3-11-4-6-12(7-5-11)17-16-18-14-10-13(19-2)8-9-15(14)20-16/h4-10H,3H2,1-2H3,(H,17,18). The molecule has 1 heterocycles. The second kappa shape index (κ2) is 5.25. The number of nitrogens with one attached hydrogen (secondary N) is 1. The van der Waals surface area contributed by atoms with Crippen molar-refractivity contribution >= 4 is 22.8 Å². The molecule has 0 spiro atoms. The van der Waals surface area contributed by atoms with Gasteiger partial charge < -0.3 is 14.5 Å². The van der Waals surface area contributed by atoms with Crippen molar-refractivity contribution in [1.82, 2.24) is 4.98 Å². The van der Waals surface area contributed by atoms with Crippen molar-refractivity contribution in [2.45, 2.75) is 13.3 Å². The first kappa shape index (κ1) is 12.5. The quantitative estimate of drug-likeness (QED) is 0.772. The van der Waals surface area contributed by atoms with Gasteiger partial charge in [-0.2, -0.15) is 4.98 Å². The third-order valence-electron chi connectivity index (χ3n) is 3.21. The molecule has 0 fully saturated rings. The van der Waals surface area contributed by atoms with Gasteiger partial charge in [0.05, 0.1) is 7.11 Å². The van der Waals surface area contributed by atoms with Crippen LogP contribution in [0.2, 0.25) is 0 Å². The molecule has 1 N–H and O–H groups in total. The molecule has 3 aromatic rings. The predicted octanol–water partition coefficient (Wildman–Crippen LogP) is 4.14. The molecular weight excluding hydrogens is 252 g/mol. The number of nitrogens with zero attached hydrogens (tertiary/aromatic N) is 1. The first-order valence-corrected chi connectivity index (χ1v) is 6.59. The molecule has 0 aliphatic carbocycles. The number of hydrogen-bond acceptors (Lipinski definition) is 4. The molecule has 0 aliphatic rings. The number of aryl methyl sites for hydroxylation is 1. The number of aromatic nitrogens is 1. The van der Waals surface area contributed by atoms with E-state index in [1.165, 1.54) is 5.56 Å². The summed E-state index contributed by atoms with van der Waals surface area (Å²) in [6.07, 6.45) is 1.03. The second-order valence-electron chi connectivity index (χ2n) is 4.53. The summed E-state index contributed by atoms with van der Waals surface area (Å²) in [5.41, 5.74) is 3.77. The number of ether oxygens (including phenoxy) is 1. The van der Waals surface area contributed by atoms with Crippen LogP contribution in [-0.2, 0) is 6.42 Å². The molecule has 4 nitrogen and oxygen atoms in total. The summed E-state index contributed by atoms with van der Waals surface area (Å²) in [4.78, 5) is 4.40. The van der Waals surface area contributed by atoms with Crippen LogP contribution in [-0.4, -0.2) is 12.1 Å². The fourth-order valence-corrected chi connectivity index (χ4v) is 2.03. The zero-order valence-corrected chi connectivity index (χ0v) is 11.5. The van der Waals surface area contributed by atoms with Crippen molar-refractivity contribution in [3.63, 3.8) is 0 Å². The smallest absolute Gasteiger partial charge is 0.300 e. The molecule has 0 saturated carbocycles. The lowest BCUT2D eigenvalue weighted by molar-refractivity contribution is 0.415. The summed E-state index contributed by atoms with van der Waals surface area (Å²) < 4.78 is 10.8. The SMILES string of the molecule is CCc1ccc(Nc2nc3cc(OC)ccc3o2)cc1. The number of oxazole rings is 1. The van der Waals surface area contributed by atoms with Gasteiger partial charge in [0.1, 0.15) is 11.3 Å². The molecule has 102 valence electrons. The fraction of sp³-hybridized carbons (Fsp3) is 0.188. The van der Waals surface area contributed by atoms with E-state index in [9.17, 15) is 0 Å². The molecule has 0 saturated heterocycles. The lowest BCUT2D eigenvalue weighted by atomic mass is 10.1. The third kappa shape index (κ3) is 2.45.